The first kappa shape index (κ1) is 71.3. The molecule has 0 bridgehead atoms. The summed E-state index contributed by atoms with van der Waals surface area (Å²) in [5.41, 5.74) is 0. The minimum atomic E-state index is -5.07. The Labute approximate surface area is 463 Å². The van der Waals surface area contributed by atoms with E-state index in [4.69, 9.17) is 18.9 Å². The van der Waals surface area contributed by atoms with Gasteiger partial charge in [0, 0.05) is 13.0 Å². The van der Waals surface area contributed by atoms with Gasteiger partial charge in [-0.3, -0.25) is 9.35 Å². The van der Waals surface area contributed by atoms with Crippen LogP contribution < -0.4 is 0 Å². The van der Waals surface area contributed by atoms with Crippen LogP contribution in [0.25, 0.3) is 0 Å². The number of aliphatic hydroxyl groups is 3. The maximum atomic E-state index is 13.0. The van der Waals surface area contributed by atoms with E-state index in [-0.39, 0.29) is 19.6 Å². The van der Waals surface area contributed by atoms with Crippen molar-refractivity contribution in [3.8, 4) is 0 Å². The number of hydrogen-bond acceptors (Lipinski definition) is 11. The van der Waals surface area contributed by atoms with Crippen molar-refractivity contribution in [2.24, 2.45) is 0 Å². The number of allylic oxidation sites excluding steroid dienone is 14. The second-order valence-corrected chi connectivity index (χ2v) is 21.6. The number of unbranched alkanes of at least 4 members (excludes halogenated alkanes) is 26. The molecule has 0 radical (unpaired) electrons. The molecule has 0 aliphatic carbocycles. The van der Waals surface area contributed by atoms with E-state index in [9.17, 15) is 33.1 Å². The quantitative estimate of drug-likeness (QED) is 0.0196. The summed E-state index contributed by atoms with van der Waals surface area (Å²) < 4.78 is 59.5. The van der Waals surface area contributed by atoms with E-state index >= 15 is 0 Å². The molecule has 0 amide bonds. The van der Waals surface area contributed by atoms with Gasteiger partial charge in [-0.2, -0.15) is 8.42 Å². The van der Waals surface area contributed by atoms with E-state index in [0.29, 0.717) is 13.0 Å². The Bertz CT molecular complexity index is 1640. The molecule has 440 valence electrons. The third kappa shape index (κ3) is 45.2. The molecule has 6 unspecified atom stereocenters. The van der Waals surface area contributed by atoms with E-state index in [1.54, 1.807) is 0 Å². The first-order valence-electron chi connectivity index (χ1n) is 30.3. The summed E-state index contributed by atoms with van der Waals surface area (Å²) in [5, 5.41) is 30.9. The van der Waals surface area contributed by atoms with Crippen molar-refractivity contribution in [2.75, 3.05) is 26.4 Å². The predicted molar refractivity (Wildman–Crippen MR) is 312 cm³/mol. The van der Waals surface area contributed by atoms with Crippen molar-refractivity contribution in [3.63, 3.8) is 0 Å². The summed E-state index contributed by atoms with van der Waals surface area (Å²) >= 11 is 0. The standard InChI is InChI=1S/C63H110O12S/c1-3-5-7-9-11-13-15-17-19-21-23-25-27-28-29-31-33-35-37-39-41-43-45-47-49-51-53-71-55-57(56-72-63-61(67)62(75-76(68,69)70)60(66)58(54-64)74-63)73-59(65)52-50-48-46-44-42-40-38-36-34-32-30-26-24-22-20-18-16-14-12-10-8-6-4-2/h6,8,12,14-15,17-18,20-21,23-24,26,32,34,57-58,60-64,66-67H,3-5,7,9-11,13,16,19,22,25,27-31,33,35-56H2,1-2H3,(H,68,69,70)/b8-6-,14-12-,17-15-,20-18-,23-21-,26-24-,34-32-. The minimum Gasteiger partial charge on any atom is -0.457 e. The summed E-state index contributed by atoms with van der Waals surface area (Å²) in [6.07, 6.45) is 63.3. The van der Waals surface area contributed by atoms with E-state index in [2.05, 4.69) is 103 Å². The van der Waals surface area contributed by atoms with E-state index in [0.717, 1.165) is 89.9 Å². The molecule has 0 spiro atoms. The summed E-state index contributed by atoms with van der Waals surface area (Å²) in [6.45, 7) is 3.88. The highest BCUT2D eigenvalue weighted by molar-refractivity contribution is 7.80. The van der Waals surface area contributed by atoms with E-state index in [1.165, 1.54) is 128 Å². The lowest BCUT2D eigenvalue weighted by molar-refractivity contribution is -0.301. The van der Waals surface area contributed by atoms with Crippen LogP contribution in [-0.4, -0.2) is 97.5 Å². The summed E-state index contributed by atoms with van der Waals surface area (Å²) in [5.74, 6) is -0.410. The largest absolute Gasteiger partial charge is 0.457 e. The van der Waals surface area contributed by atoms with Gasteiger partial charge in [0.2, 0.25) is 0 Å². The number of hydrogen-bond donors (Lipinski definition) is 4. The zero-order valence-corrected chi connectivity index (χ0v) is 48.6. The van der Waals surface area contributed by atoms with Crippen molar-refractivity contribution in [2.45, 2.75) is 282 Å². The summed E-state index contributed by atoms with van der Waals surface area (Å²) in [7, 11) is -5.07. The molecule has 12 nitrogen and oxygen atoms in total. The van der Waals surface area contributed by atoms with Gasteiger partial charge in [0.05, 0.1) is 19.8 Å². The first-order valence-corrected chi connectivity index (χ1v) is 31.7. The fourth-order valence-corrected chi connectivity index (χ4v) is 9.48. The van der Waals surface area contributed by atoms with Gasteiger partial charge >= 0.3 is 16.4 Å². The Balaban J connectivity index is 2.29. The first-order chi connectivity index (χ1) is 37.1. The van der Waals surface area contributed by atoms with Crippen molar-refractivity contribution in [3.05, 3.63) is 85.1 Å². The van der Waals surface area contributed by atoms with Crippen LogP contribution in [0.2, 0.25) is 0 Å². The SMILES string of the molecule is CC/C=C\C/C=C\C/C=C\C/C=C\C/C=C\CCCCCCCCCC(=O)OC(COCCCCCCCCCCCCCCCC/C=C\C/C=C\CCCCCCC)COC1OC(CO)C(O)C(OS(=O)(=O)O)C1O. The fourth-order valence-electron chi connectivity index (χ4n) is 8.97. The van der Waals surface area contributed by atoms with Crippen molar-refractivity contribution in [1.29, 1.82) is 0 Å². The molecule has 6 atom stereocenters. The van der Waals surface area contributed by atoms with Crippen molar-refractivity contribution < 1.29 is 56.2 Å². The van der Waals surface area contributed by atoms with Crippen LogP contribution in [-0.2, 0) is 38.3 Å². The lowest BCUT2D eigenvalue weighted by atomic mass is 9.99. The molecular formula is C63H110O12S. The average Bonchev–Trinajstić information content (AvgIpc) is 3.40. The second-order valence-electron chi connectivity index (χ2n) is 20.6. The smallest absolute Gasteiger partial charge is 0.397 e. The number of ether oxygens (including phenoxy) is 4. The molecule has 0 aromatic heterocycles. The van der Waals surface area contributed by atoms with Gasteiger partial charge in [-0.15, -0.1) is 0 Å². The maximum Gasteiger partial charge on any atom is 0.397 e. The van der Waals surface area contributed by atoms with Gasteiger partial charge in [0.15, 0.2) is 6.29 Å². The average molecular weight is 1090 g/mol. The molecular weight excluding hydrogens is 981 g/mol. The number of aliphatic hydroxyl groups excluding tert-OH is 3. The lowest BCUT2D eigenvalue weighted by Gasteiger charge is -2.41. The highest BCUT2D eigenvalue weighted by atomic mass is 32.3. The van der Waals surface area contributed by atoms with Gasteiger partial charge in [-0.05, 0) is 89.9 Å². The van der Waals surface area contributed by atoms with Crippen molar-refractivity contribution in [1.82, 2.24) is 0 Å². The maximum absolute atomic E-state index is 13.0. The molecule has 4 N–H and O–H groups in total. The normalized spacial score (nSPS) is 19.2. The fraction of sp³-hybridized carbons (Fsp3) is 0.762. The number of esters is 1. The zero-order valence-electron chi connectivity index (χ0n) is 47.8. The summed E-state index contributed by atoms with van der Waals surface area (Å²) in [6, 6.07) is 0. The Morgan fingerprint density at radius 1 is 0.513 bits per heavy atom. The molecule has 1 aliphatic heterocycles. The van der Waals surface area contributed by atoms with E-state index < -0.39 is 59.8 Å². The molecule has 1 aliphatic rings. The summed E-state index contributed by atoms with van der Waals surface area (Å²) in [4.78, 5) is 13.0. The minimum absolute atomic E-state index is 0.0277. The van der Waals surface area contributed by atoms with E-state index in [1.807, 2.05) is 0 Å². The molecule has 1 heterocycles. The molecule has 76 heavy (non-hydrogen) atoms. The Morgan fingerprint density at radius 3 is 1.33 bits per heavy atom. The van der Waals surface area contributed by atoms with Crippen LogP contribution in [0.15, 0.2) is 85.1 Å². The molecule has 1 fully saturated rings. The highest BCUT2D eigenvalue weighted by Gasteiger charge is 2.48. The van der Waals surface area contributed by atoms with Gasteiger partial charge in [0.1, 0.15) is 30.5 Å². The Hall–Kier alpha value is -2.72. The molecule has 0 aromatic rings. The number of carbonyl (C=O) groups excluding carboxylic acids is 1. The van der Waals surface area contributed by atoms with Gasteiger partial charge in [-0.25, -0.2) is 4.18 Å². The van der Waals surface area contributed by atoms with Crippen LogP contribution in [0.4, 0.5) is 0 Å². The van der Waals surface area contributed by atoms with Crippen molar-refractivity contribution >= 4 is 16.4 Å². The van der Waals surface area contributed by atoms with Crippen LogP contribution in [0.1, 0.15) is 245 Å². The Morgan fingerprint density at radius 2 is 0.908 bits per heavy atom. The zero-order chi connectivity index (χ0) is 55.3. The van der Waals surface area contributed by atoms with Gasteiger partial charge < -0.3 is 34.3 Å². The molecule has 0 saturated carbocycles. The third-order valence-electron chi connectivity index (χ3n) is 13.5. The molecule has 0 aromatic carbocycles. The highest BCUT2D eigenvalue weighted by Crippen LogP contribution is 2.26. The van der Waals surface area contributed by atoms with Crippen LogP contribution in [0.5, 0.6) is 0 Å². The van der Waals surface area contributed by atoms with Gasteiger partial charge in [0.25, 0.3) is 0 Å². The topological polar surface area (TPSA) is 178 Å². The van der Waals surface area contributed by atoms with Crippen LogP contribution >= 0.6 is 0 Å². The predicted octanol–water partition coefficient (Wildman–Crippen LogP) is 15.5. The molecule has 13 heteroatoms. The third-order valence-corrected chi connectivity index (χ3v) is 14.0. The second kappa shape index (κ2) is 53.0. The van der Waals surface area contributed by atoms with Crippen LogP contribution in [0, 0.1) is 0 Å². The van der Waals surface area contributed by atoms with Crippen LogP contribution in [0.3, 0.4) is 0 Å². The lowest BCUT2D eigenvalue weighted by Crippen LogP contribution is -2.60. The monoisotopic (exact) mass is 1090 g/mol. The molecule has 1 saturated heterocycles. The number of rotatable bonds is 53. The number of carbonyl (C=O) groups is 1. The van der Waals surface area contributed by atoms with Gasteiger partial charge in [-0.1, -0.05) is 234 Å². The molecule has 1 rings (SSSR count). The Kier molecular flexibility index (Phi) is 49.7.